The highest BCUT2D eigenvalue weighted by Crippen LogP contribution is 2.35. The third-order valence-corrected chi connectivity index (χ3v) is 4.20. The normalized spacial score (nSPS) is 16.7. The van der Waals surface area contributed by atoms with Crippen molar-refractivity contribution >= 4 is 27.3 Å². The molecule has 14 heavy (non-hydrogen) atoms. The summed E-state index contributed by atoms with van der Waals surface area (Å²) in [6, 6.07) is 1.68. The van der Waals surface area contributed by atoms with Crippen LogP contribution in [0, 0.1) is 5.41 Å². The maximum Gasteiger partial charge on any atom is 0.105 e. The fourth-order valence-electron chi connectivity index (χ4n) is 1.15. The standard InChI is InChI=1S/C10H16BrNOS/c1-10(2,3)9(12)7(13)8-6(11)4-5-14-8/h4-5,7,9,13H,12H2,1-3H3. The van der Waals surface area contributed by atoms with Crippen LogP contribution in [0.1, 0.15) is 31.8 Å². The summed E-state index contributed by atoms with van der Waals surface area (Å²) < 4.78 is 0.940. The van der Waals surface area contributed by atoms with Gasteiger partial charge in [0.1, 0.15) is 6.10 Å². The molecule has 0 aliphatic carbocycles. The lowest BCUT2D eigenvalue weighted by Gasteiger charge is -2.30. The van der Waals surface area contributed by atoms with Gasteiger partial charge >= 0.3 is 0 Å². The number of nitrogens with two attached hydrogens (primary N) is 1. The van der Waals surface area contributed by atoms with E-state index in [0.29, 0.717) is 0 Å². The van der Waals surface area contributed by atoms with E-state index < -0.39 is 6.10 Å². The lowest BCUT2D eigenvalue weighted by Crippen LogP contribution is -2.40. The predicted molar refractivity (Wildman–Crippen MR) is 64.4 cm³/mol. The van der Waals surface area contributed by atoms with E-state index >= 15 is 0 Å². The number of hydrogen-bond acceptors (Lipinski definition) is 3. The molecule has 1 aromatic heterocycles. The summed E-state index contributed by atoms with van der Waals surface area (Å²) in [5.41, 5.74) is 5.90. The van der Waals surface area contributed by atoms with E-state index in [0.717, 1.165) is 9.35 Å². The van der Waals surface area contributed by atoms with Crippen molar-refractivity contribution in [3.63, 3.8) is 0 Å². The average Bonchev–Trinajstić information content (AvgIpc) is 2.47. The van der Waals surface area contributed by atoms with Crippen LogP contribution >= 0.6 is 27.3 Å². The number of hydrogen-bond donors (Lipinski definition) is 2. The van der Waals surface area contributed by atoms with Crippen LogP contribution in [0.2, 0.25) is 0 Å². The Labute approximate surface area is 97.3 Å². The van der Waals surface area contributed by atoms with E-state index in [1.165, 1.54) is 11.3 Å². The zero-order valence-electron chi connectivity index (χ0n) is 8.62. The molecule has 0 aliphatic rings. The highest BCUT2D eigenvalue weighted by molar-refractivity contribution is 9.10. The van der Waals surface area contributed by atoms with Gasteiger partial charge in [0.05, 0.1) is 0 Å². The summed E-state index contributed by atoms with van der Waals surface area (Å²) in [6.45, 7) is 6.09. The number of halogens is 1. The molecule has 1 heterocycles. The summed E-state index contributed by atoms with van der Waals surface area (Å²) in [5, 5.41) is 12.0. The van der Waals surface area contributed by atoms with Crippen molar-refractivity contribution in [3.05, 3.63) is 20.8 Å². The molecular formula is C10H16BrNOS. The largest absolute Gasteiger partial charge is 0.386 e. The number of aliphatic hydroxyl groups is 1. The fourth-order valence-corrected chi connectivity index (χ4v) is 2.79. The molecule has 3 N–H and O–H groups in total. The van der Waals surface area contributed by atoms with Gasteiger partial charge < -0.3 is 10.8 Å². The summed E-state index contributed by atoms with van der Waals surface area (Å²) in [7, 11) is 0. The lowest BCUT2D eigenvalue weighted by atomic mass is 9.83. The van der Waals surface area contributed by atoms with Crippen LogP contribution in [-0.2, 0) is 0 Å². The van der Waals surface area contributed by atoms with E-state index in [9.17, 15) is 5.11 Å². The molecule has 80 valence electrons. The van der Waals surface area contributed by atoms with Crippen molar-refractivity contribution in [2.45, 2.75) is 32.9 Å². The minimum Gasteiger partial charge on any atom is -0.386 e. The second-order valence-corrected chi connectivity index (χ2v) is 6.27. The van der Waals surface area contributed by atoms with Crippen LogP contribution in [0.5, 0.6) is 0 Å². The molecule has 0 radical (unpaired) electrons. The second-order valence-electron chi connectivity index (χ2n) is 4.47. The molecule has 0 amide bonds. The minimum atomic E-state index is -0.593. The molecule has 2 nitrogen and oxygen atoms in total. The summed E-state index contributed by atoms with van der Waals surface area (Å²) in [4.78, 5) is 0.910. The number of thiophene rings is 1. The summed E-state index contributed by atoms with van der Waals surface area (Å²) in [5.74, 6) is 0. The Bertz CT molecular complexity index is 305. The van der Waals surface area contributed by atoms with Crippen LogP contribution in [-0.4, -0.2) is 11.1 Å². The maximum atomic E-state index is 10.0. The van der Waals surface area contributed by atoms with Gasteiger partial charge in [0.25, 0.3) is 0 Å². The Kier molecular flexibility index (Phi) is 3.75. The molecule has 4 heteroatoms. The molecule has 0 aliphatic heterocycles. The first-order chi connectivity index (χ1) is 6.34. The molecule has 0 aromatic carbocycles. The Morgan fingerprint density at radius 3 is 2.43 bits per heavy atom. The first kappa shape index (κ1) is 12.2. The fraction of sp³-hybridized carbons (Fsp3) is 0.600. The van der Waals surface area contributed by atoms with E-state index in [4.69, 9.17) is 5.73 Å². The molecule has 1 rings (SSSR count). The molecular weight excluding hydrogens is 262 g/mol. The SMILES string of the molecule is CC(C)(C)C(N)C(O)c1sccc1Br. The topological polar surface area (TPSA) is 46.2 Å². The van der Waals surface area contributed by atoms with E-state index in [-0.39, 0.29) is 11.5 Å². The van der Waals surface area contributed by atoms with Gasteiger partial charge in [-0.2, -0.15) is 0 Å². The van der Waals surface area contributed by atoms with E-state index in [1.807, 2.05) is 32.2 Å². The molecule has 0 spiro atoms. The molecule has 0 saturated heterocycles. The molecule has 2 unspecified atom stereocenters. The highest BCUT2D eigenvalue weighted by Gasteiger charge is 2.30. The molecule has 0 fully saturated rings. The van der Waals surface area contributed by atoms with Crippen LogP contribution < -0.4 is 5.73 Å². The van der Waals surface area contributed by atoms with Gasteiger partial charge in [0, 0.05) is 15.4 Å². The van der Waals surface area contributed by atoms with Crippen LogP contribution in [0.4, 0.5) is 0 Å². The zero-order chi connectivity index (χ0) is 10.9. The van der Waals surface area contributed by atoms with Crippen molar-refractivity contribution in [2.75, 3.05) is 0 Å². The second kappa shape index (κ2) is 4.31. The molecule has 0 bridgehead atoms. The van der Waals surface area contributed by atoms with Crippen molar-refractivity contribution in [1.82, 2.24) is 0 Å². The van der Waals surface area contributed by atoms with Gasteiger partial charge in [0.15, 0.2) is 0 Å². The summed E-state index contributed by atoms with van der Waals surface area (Å²) >= 11 is 4.92. The highest BCUT2D eigenvalue weighted by atomic mass is 79.9. The monoisotopic (exact) mass is 277 g/mol. The Balaban J connectivity index is 2.86. The van der Waals surface area contributed by atoms with Crippen LogP contribution in [0.3, 0.4) is 0 Å². The first-order valence-corrected chi connectivity index (χ1v) is 6.18. The van der Waals surface area contributed by atoms with Crippen LogP contribution in [0.25, 0.3) is 0 Å². The lowest BCUT2D eigenvalue weighted by molar-refractivity contribution is 0.0950. The average molecular weight is 278 g/mol. The third kappa shape index (κ3) is 2.57. The van der Waals surface area contributed by atoms with Gasteiger partial charge in [-0.1, -0.05) is 20.8 Å². The Morgan fingerprint density at radius 2 is 2.07 bits per heavy atom. The van der Waals surface area contributed by atoms with Gasteiger partial charge in [-0.3, -0.25) is 0 Å². The van der Waals surface area contributed by atoms with Crippen molar-refractivity contribution < 1.29 is 5.11 Å². The van der Waals surface area contributed by atoms with Gasteiger partial charge in [-0.15, -0.1) is 11.3 Å². The van der Waals surface area contributed by atoms with Crippen molar-refractivity contribution in [2.24, 2.45) is 11.1 Å². The van der Waals surface area contributed by atoms with Crippen molar-refractivity contribution in [3.8, 4) is 0 Å². The van der Waals surface area contributed by atoms with Crippen LogP contribution in [0.15, 0.2) is 15.9 Å². The maximum absolute atomic E-state index is 10.0. The number of rotatable bonds is 2. The zero-order valence-corrected chi connectivity index (χ0v) is 11.0. The van der Waals surface area contributed by atoms with Gasteiger partial charge in [-0.25, -0.2) is 0 Å². The molecule has 2 atom stereocenters. The smallest absolute Gasteiger partial charge is 0.105 e. The van der Waals surface area contributed by atoms with Crippen molar-refractivity contribution in [1.29, 1.82) is 0 Å². The quantitative estimate of drug-likeness (QED) is 0.873. The first-order valence-electron chi connectivity index (χ1n) is 4.50. The predicted octanol–water partition coefficient (Wildman–Crippen LogP) is 2.92. The van der Waals surface area contributed by atoms with Gasteiger partial charge in [-0.05, 0) is 32.8 Å². The van der Waals surface area contributed by atoms with E-state index in [2.05, 4.69) is 15.9 Å². The Hall–Kier alpha value is 0.100. The third-order valence-electron chi connectivity index (χ3n) is 2.25. The molecule has 1 aromatic rings. The summed E-state index contributed by atoms with van der Waals surface area (Å²) in [6.07, 6.45) is -0.593. The molecule has 0 saturated carbocycles. The number of aliphatic hydroxyl groups excluding tert-OH is 1. The van der Waals surface area contributed by atoms with Gasteiger partial charge in [0.2, 0.25) is 0 Å². The Morgan fingerprint density at radius 1 is 1.50 bits per heavy atom. The van der Waals surface area contributed by atoms with E-state index in [1.54, 1.807) is 0 Å². The minimum absolute atomic E-state index is 0.0944.